The Bertz CT molecular complexity index is 627. The second-order valence-electron chi connectivity index (χ2n) is 8.57. The molecule has 2 aliphatic heterocycles. The highest BCUT2D eigenvalue weighted by molar-refractivity contribution is 5.75. The number of piperazine rings is 2. The van der Waals surface area contributed by atoms with Crippen molar-refractivity contribution < 1.29 is 4.79 Å². The lowest BCUT2D eigenvalue weighted by Crippen LogP contribution is -2.53. The molecular weight excluding hydrogens is 350 g/mol. The number of carbonyl (C=O) groups is 1. The van der Waals surface area contributed by atoms with E-state index in [-0.39, 0.29) is 6.03 Å². The molecule has 6 nitrogen and oxygen atoms in total. The Morgan fingerprint density at radius 2 is 1.29 bits per heavy atom. The molecule has 1 saturated carbocycles. The first kappa shape index (κ1) is 19.4. The maximum Gasteiger partial charge on any atom is 0.317 e. The van der Waals surface area contributed by atoms with Gasteiger partial charge < -0.3 is 24.9 Å². The summed E-state index contributed by atoms with van der Waals surface area (Å²) in [6.07, 6.45) is 6.11. The number of hydrogen-bond donors (Lipinski definition) is 1. The van der Waals surface area contributed by atoms with Crippen LogP contribution in [0.15, 0.2) is 24.3 Å². The van der Waals surface area contributed by atoms with E-state index in [1.54, 1.807) is 0 Å². The van der Waals surface area contributed by atoms with Crippen LogP contribution in [-0.4, -0.2) is 81.3 Å². The molecule has 4 rings (SSSR count). The van der Waals surface area contributed by atoms with Crippen molar-refractivity contribution in [2.75, 3.05) is 69.2 Å². The van der Waals surface area contributed by atoms with Gasteiger partial charge in [-0.25, -0.2) is 4.79 Å². The number of anilines is 2. The van der Waals surface area contributed by atoms with Gasteiger partial charge in [0.15, 0.2) is 0 Å². The summed E-state index contributed by atoms with van der Waals surface area (Å²) in [6.45, 7) is 7.89. The fourth-order valence-electron chi connectivity index (χ4n) is 4.62. The van der Waals surface area contributed by atoms with Gasteiger partial charge in [0.2, 0.25) is 0 Å². The third-order valence-corrected chi connectivity index (χ3v) is 6.58. The fraction of sp³-hybridized carbons (Fsp3) is 0.682. The Kier molecular flexibility index (Phi) is 6.25. The summed E-state index contributed by atoms with van der Waals surface area (Å²) in [5.74, 6) is 0. The molecule has 1 aliphatic carbocycles. The Morgan fingerprint density at radius 1 is 0.786 bits per heavy atom. The van der Waals surface area contributed by atoms with E-state index in [4.69, 9.17) is 0 Å². The van der Waals surface area contributed by atoms with Crippen LogP contribution in [0.25, 0.3) is 0 Å². The molecule has 2 amide bonds. The summed E-state index contributed by atoms with van der Waals surface area (Å²) in [7, 11) is 2.19. The molecule has 6 heteroatoms. The highest BCUT2D eigenvalue weighted by Gasteiger charge is 2.24. The van der Waals surface area contributed by atoms with Crippen LogP contribution in [0.3, 0.4) is 0 Å². The van der Waals surface area contributed by atoms with Crippen LogP contribution >= 0.6 is 0 Å². The van der Waals surface area contributed by atoms with E-state index in [0.29, 0.717) is 6.04 Å². The van der Waals surface area contributed by atoms with Crippen molar-refractivity contribution in [1.82, 2.24) is 15.1 Å². The highest BCUT2D eigenvalue weighted by atomic mass is 16.2. The Labute approximate surface area is 169 Å². The molecule has 2 saturated heterocycles. The molecule has 0 bridgehead atoms. The minimum Gasteiger partial charge on any atom is -0.369 e. The normalized spacial score (nSPS) is 22.4. The minimum atomic E-state index is 0.136. The number of hydrogen-bond acceptors (Lipinski definition) is 4. The number of benzene rings is 1. The van der Waals surface area contributed by atoms with Crippen molar-refractivity contribution in [3.05, 3.63) is 24.3 Å². The Morgan fingerprint density at radius 3 is 1.82 bits per heavy atom. The van der Waals surface area contributed by atoms with Gasteiger partial charge in [0.1, 0.15) is 0 Å². The summed E-state index contributed by atoms with van der Waals surface area (Å²) in [6, 6.07) is 9.51. The molecule has 1 aromatic rings. The van der Waals surface area contributed by atoms with Gasteiger partial charge in [-0.1, -0.05) is 19.3 Å². The maximum atomic E-state index is 12.5. The molecule has 3 fully saturated rings. The average molecular weight is 386 g/mol. The summed E-state index contributed by atoms with van der Waals surface area (Å²) in [4.78, 5) is 21.8. The molecular formula is C22H35N5O. The SMILES string of the molecule is CN1CCN(c2ccc(N3CCN(C(=O)NC4CCCCC4)CC3)cc2)CC1. The molecule has 1 aromatic carbocycles. The molecule has 28 heavy (non-hydrogen) atoms. The smallest absolute Gasteiger partial charge is 0.317 e. The summed E-state index contributed by atoms with van der Waals surface area (Å²) in [5, 5.41) is 3.25. The summed E-state index contributed by atoms with van der Waals surface area (Å²) < 4.78 is 0. The van der Waals surface area contributed by atoms with Crippen molar-refractivity contribution in [1.29, 1.82) is 0 Å². The summed E-state index contributed by atoms with van der Waals surface area (Å²) in [5.41, 5.74) is 2.59. The van der Waals surface area contributed by atoms with Crippen LogP contribution in [-0.2, 0) is 0 Å². The van der Waals surface area contributed by atoms with Crippen molar-refractivity contribution in [2.45, 2.75) is 38.1 Å². The number of carbonyl (C=O) groups excluding carboxylic acids is 1. The standard InChI is InChI=1S/C22H35N5O/c1-24-11-13-25(14-12-24)20-7-9-21(10-8-20)26-15-17-27(18-16-26)22(28)23-19-5-3-2-4-6-19/h7-10,19H,2-6,11-18H2,1H3,(H,23,28). The van der Waals surface area contributed by atoms with Gasteiger partial charge in [-0.3, -0.25) is 0 Å². The fourth-order valence-corrected chi connectivity index (χ4v) is 4.62. The molecule has 0 aromatic heterocycles. The van der Waals surface area contributed by atoms with Crippen molar-refractivity contribution in [2.24, 2.45) is 0 Å². The van der Waals surface area contributed by atoms with Crippen LogP contribution in [0.2, 0.25) is 0 Å². The predicted molar refractivity (Wildman–Crippen MR) is 115 cm³/mol. The third-order valence-electron chi connectivity index (χ3n) is 6.58. The van der Waals surface area contributed by atoms with E-state index >= 15 is 0 Å². The van der Waals surface area contributed by atoms with Gasteiger partial charge in [0.25, 0.3) is 0 Å². The van der Waals surface area contributed by atoms with E-state index in [1.807, 2.05) is 4.90 Å². The first-order valence-electron chi connectivity index (χ1n) is 11.0. The average Bonchev–Trinajstić information content (AvgIpc) is 2.75. The number of urea groups is 1. The first-order valence-corrected chi connectivity index (χ1v) is 11.0. The van der Waals surface area contributed by atoms with Gasteiger partial charge in [-0.15, -0.1) is 0 Å². The number of rotatable bonds is 3. The van der Waals surface area contributed by atoms with Crippen LogP contribution in [0.4, 0.5) is 16.2 Å². The molecule has 0 spiro atoms. The molecule has 0 atom stereocenters. The van der Waals surface area contributed by atoms with Gasteiger partial charge in [-0.2, -0.15) is 0 Å². The van der Waals surface area contributed by atoms with E-state index in [0.717, 1.165) is 65.2 Å². The molecule has 0 radical (unpaired) electrons. The largest absolute Gasteiger partial charge is 0.369 e. The lowest BCUT2D eigenvalue weighted by Gasteiger charge is -2.37. The maximum absolute atomic E-state index is 12.5. The zero-order chi connectivity index (χ0) is 19.3. The highest BCUT2D eigenvalue weighted by Crippen LogP contribution is 2.23. The lowest BCUT2D eigenvalue weighted by molar-refractivity contribution is 0.186. The Hall–Kier alpha value is -1.95. The lowest BCUT2D eigenvalue weighted by atomic mass is 9.96. The summed E-state index contributed by atoms with van der Waals surface area (Å²) >= 11 is 0. The Balaban J connectivity index is 1.26. The van der Waals surface area contributed by atoms with Crippen LogP contribution in [0.1, 0.15) is 32.1 Å². The van der Waals surface area contributed by atoms with Crippen LogP contribution in [0.5, 0.6) is 0 Å². The van der Waals surface area contributed by atoms with Gasteiger partial charge in [-0.05, 0) is 44.2 Å². The van der Waals surface area contributed by atoms with Crippen LogP contribution < -0.4 is 15.1 Å². The van der Waals surface area contributed by atoms with Crippen LogP contribution in [0, 0.1) is 0 Å². The second kappa shape index (κ2) is 9.03. The quantitative estimate of drug-likeness (QED) is 0.869. The third kappa shape index (κ3) is 4.72. The second-order valence-corrected chi connectivity index (χ2v) is 8.57. The number of nitrogens with zero attached hydrogens (tertiary/aromatic N) is 4. The molecule has 2 heterocycles. The molecule has 0 unspecified atom stereocenters. The van der Waals surface area contributed by atoms with E-state index < -0.39 is 0 Å². The molecule has 1 N–H and O–H groups in total. The number of nitrogens with one attached hydrogen (secondary N) is 1. The van der Waals surface area contributed by atoms with Crippen molar-refractivity contribution in [3.8, 4) is 0 Å². The zero-order valence-corrected chi connectivity index (χ0v) is 17.3. The first-order chi connectivity index (χ1) is 13.7. The topological polar surface area (TPSA) is 42.1 Å². The van der Waals surface area contributed by atoms with Gasteiger partial charge >= 0.3 is 6.03 Å². The molecule has 154 valence electrons. The van der Waals surface area contributed by atoms with Gasteiger partial charge in [0.05, 0.1) is 0 Å². The van der Waals surface area contributed by atoms with Crippen molar-refractivity contribution in [3.63, 3.8) is 0 Å². The predicted octanol–water partition coefficient (Wildman–Crippen LogP) is 2.60. The van der Waals surface area contributed by atoms with Gasteiger partial charge in [0, 0.05) is 69.8 Å². The number of likely N-dealkylation sites (N-methyl/N-ethyl adjacent to an activating group) is 1. The van der Waals surface area contributed by atoms with E-state index in [2.05, 4.69) is 51.3 Å². The minimum absolute atomic E-state index is 0.136. The zero-order valence-electron chi connectivity index (χ0n) is 17.3. The van der Waals surface area contributed by atoms with E-state index in [9.17, 15) is 4.79 Å². The number of amides is 2. The molecule has 3 aliphatic rings. The van der Waals surface area contributed by atoms with E-state index in [1.165, 1.54) is 30.6 Å². The monoisotopic (exact) mass is 385 g/mol. The van der Waals surface area contributed by atoms with Crippen molar-refractivity contribution >= 4 is 17.4 Å².